The number of thiophene rings is 1. The van der Waals surface area contributed by atoms with Gasteiger partial charge in [-0.3, -0.25) is 4.79 Å². The van der Waals surface area contributed by atoms with Gasteiger partial charge in [0.2, 0.25) is 0 Å². The molecule has 4 rings (SSSR count). The van der Waals surface area contributed by atoms with E-state index < -0.39 is 0 Å². The van der Waals surface area contributed by atoms with Gasteiger partial charge in [0, 0.05) is 5.39 Å². The van der Waals surface area contributed by atoms with Crippen molar-refractivity contribution < 1.29 is 0 Å². The molecular formula is C16H12N4OS2. The Morgan fingerprint density at radius 3 is 2.96 bits per heavy atom. The zero-order valence-corrected chi connectivity index (χ0v) is 13.8. The number of nitrogens with one attached hydrogen (secondary N) is 1. The molecular weight excluding hydrogens is 328 g/mol. The molecule has 1 N–H and O–H groups in total. The molecule has 7 heteroatoms. The Morgan fingerprint density at radius 1 is 1.17 bits per heavy atom. The number of thioether (sulfide) groups is 1. The lowest BCUT2D eigenvalue weighted by Gasteiger charge is -2.11. The zero-order valence-electron chi connectivity index (χ0n) is 12.2. The van der Waals surface area contributed by atoms with Crippen molar-refractivity contribution >= 4 is 44.2 Å². The molecule has 4 aromatic rings. The third-order valence-electron chi connectivity index (χ3n) is 3.53. The van der Waals surface area contributed by atoms with E-state index in [1.54, 1.807) is 35.5 Å². The first-order valence-electron chi connectivity index (χ1n) is 7.06. The molecule has 0 aliphatic rings. The highest BCUT2D eigenvalue weighted by Gasteiger charge is 2.15. The average molecular weight is 340 g/mol. The van der Waals surface area contributed by atoms with E-state index in [2.05, 4.69) is 19.9 Å². The van der Waals surface area contributed by atoms with E-state index in [4.69, 9.17) is 0 Å². The molecule has 0 bridgehead atoms. The maximum atomic E-state index is 12.2. The second-order valence-electron chi connectivity index (χ2n) is 5.05. The van der Waals surface area contributed by atoms with Crippen LogP contribution in [0.15, 0.2) is 51.9 Å². The minimum Gasteiger partial charge on any atom is -0.309 e. The van der Waals surface area contributed by atoms with Crippen LogP contribution in [0.1, 0.15) is 18.0 Å². The van der Waals surface area contributed by atoms with Gasteiger partial charge in [-0.1, -0.05) is 23.9 Å². The molecule has 0 unspecified atom stereocenters. The van der Waals surface area contributed by atoms with Crippen LogP contribution in [0, 0.1) is 0 Å². The molecule has 0 fully saturated rings. The minimum atomic E-state index is -0.110. The number of fused-ring (bicyclic) bond motifs is 2. The highest BCUT2D eigenvalue weighted by molar-refractivity contribution is 7.99. The Labute approximate surface area is 139 Å². The fraction of sp³-hybridized carbons (Fsp3) is 0.125. The topological polar surface area (TPSA) is 71.5 Å². The molecule has 0 spiro atoms. The number of rotatable bonds is 3. The number of nitrogens with zero attached hydrogens (tertiary/aromatic N) is 3. The van der Waals surface area contributed by atoms with Gasteiger partial charge in [0.25, 0.3) is 5.56 Å². The van der Waals surface area contributed by atoms with Crippen LogP contribution in [0.2, 0.25) is 0 Å². The van der Waals surface area contributed by atoms with Crippen LogP contribution in [-0.4, -0.2) is 19.9 Å². The Hall–Kier alpha value is -2.25. The molecule has 114 valence electrons. The fourth-order valence-electron chi connectivity index (χ4n) is 2.38. The van der Waals surface area contributed by atoms with Crippen LogP contribution < -0.4 is 5.56 Å². The van der Waals surface area contributed by atoms with E-state index >= 15 is 0 Å². The van der Waals surface area contributed by atoms with Gasteiger partial charge < -0.3 is 4.98 Å². The number of hydrogen-bond acceptors (Lipinski definition) is 6. The molecule has 0 radical (unpaired) electrons. The fourth-order valence-corrected chi connectivity index (χ4v) is 4.14. The molecule has 0 saturated heterocycles. The maximum Gasteiger partial charge on any atom is 0.258 e. The number of aromatic nitrogens is 4. The average Bonchev–Trinajstić information content (AvgIpc) is 3.04. The highest BCUT2D eigenvalue weighted by atomic mass is 32.2. The molecule has 0 saturated carbocycles. The van der Waals surface area contributed by atoms with Gasteiger partial charge in [0.15, 0.2) is 0 Å². The largest absolute Gasteiger partial charge is 0.309 e. The minimum absolute atomic E-state index is 0.0229. The van der Waals surface area contributed by atoms with E-state index in [1.165, 1.54) is 0 Å². The lowest BCUT2D eigenvalue weighted by Crippen LogP contribution is -2.12. The molecule has 0 amide bonds. The van der Waals surface area contributed by atoms with E-state index in [-0.39, 0.29) is 10.8 Å². The first-order valence-corrected chi connectivity index (χ1v) is 8.82. The van der Waals surface area contributed by atoms with Crippen LogP contribution in [0.25, 0.3) is 21.1 Å². The number of para-hydroxylation sites is 1. The number of H-pyrrole nitrogens is 1. The quantitative estimate of drug-likeness (QED) is 0.454. The molecule has 5 nitrogen and oxygen atoms in total. The van der Waals surface area contributed by atoms with Crippen LogP contribution in [0.4, 0.5) is 0 Å². The zero-order chi connectivity index (χ0) is 15.8. The normalized spacial score (nSPS) is 12.7. The van der Waals surface area contributed by atoms with E-state index in [1.807, 2.05) is 36.6 Å². The summed E-state index contributed by atoms with van der Waals surface area (Å²) >= 11 is 3.16. The van der Waals surface area contributed by atoms with E-state index in [0.717, 1.165) is 15.2 Å². The van der Waals surface area contributed by atoms with E-state index in [9.17, 15) is 4.79 Å². The van der Waals surface area contributed by atoms with Gasteiger partial charge in [0.1, 0.15) is 22.0 Å². The second-order valence-corrected chi connectivity index (χ2v) is 7.27. The smallest absolute Gasteiger partial charge is 0.258 e. The summed E-state index contributed by atoms with van der Waals surface area (Å²) in [5, 5.41) is 4.53. The van der Waals surface area contributed by atoms with Crippen molar-refractivity contribution in [3.05, 3.63) is 58.2 Å². The molecule has 3 aromatic heterocycles. The predicted molar refractivity (Wildman–Crippen MR) is 94.1 cm³/mol. The van der Waals surface area contributed by atoms with Crippen molar-refractivity contribution in [2.75, 3.05) is 0 Å². The summed E-state index contributed by atoms with van der Waals surface area (Å²) in [4.78, 5) is 29.3. The van der Waals surface area contributed by atoms with Gasteiger partial charge in [-0.25, -0.2) is 15.0 Å². The highest BCUT2D eigenvalue weighted by Crippen LogP contribution is 2.36. The second kappa shape index (κ2) is 5.75. The van der Waals surface area contributed by atoms with Gasteiger partial charge in [-0.15, -0.1) is 11.3 Å². The molecule has 1 aromatic carbocycles. The number of aromatic amines is 1. The first kappa shape index (κ1) is 14.3. The number of benzene rings is 1. The van der Waals surface area contributed by atoms with Crippen molar-refractivity contribution in [2.45, 2.75) is 17.2 Å². The maximum absolute atomic E-state index is 12.2. The van der Waals surface area contributed by atoms with E-state index in [0.29, 0.717) is 16.7 Å². The first-order chi connectivity index (χ1) is 11.2. The van der Waals surface area contributed by atoms with Gasteiger partial charge in [-0.2, -0.15) is 0 Å². The van der Waals surface area contributed by atoms with Crippen molar-refractivity contribution in [1.82, 2.24) is 19.9 Å². The standard InChI is InChI=1S/C16H12N4OS2/c1-9(23-16-11-6-7-22-15(11)17-8-18-16)13-19-12-5-3-2-4-10(12)14(21)20-13/h2-9H,1H3,(H,19,20,21)/t9-/m1/s1. The summed E-state index contributed by atoms with van der Waals surface area (Å²) < 4.78 is 0. The summed E-state index contributed by atoms with van der Waals surface area (Å²) in [6.45, 7) is 2.01. The van der Waals surface area contributed by atoms with Crippen molar-refractivity contribution in [1.29, 1.82) is 0 Å². The van der Waals surface area contributed by atoms with Crippen molar-refractivity contribution in [3.8, 4) is 0 Å². The summed E-state index contributed by atoms with van der Waals surface area (Å²) in [7, 11) is 0. The third-order valence-corrected chi connectivity index (χ3v) is 5.48. The molecule has 0 aliphatic carbocycles. The lowest BCUT2D eigenvalue weighted by molar-refractivity contribution is 0.919. The Kier molecular flexibility index (Phi) is 3.59. The molecule has 3 heterocycles. The lowest BCUT2D eigenvalue weighted by atomic mass is 10.2. The van der Waals surface area contributed by atoms with Gasteiger partial charge in [-0.05, 0) is 30.5 Å². The third kappa shape index (κ3) is 2.62. The van der Waals surface area contributed by atoms with Crippen molar-refractivity contribution in [3.63, 3.8) is 0 Å². The van der Waals surface area contributed by atoms with Crippen LogP contribution in [-0.2, 0) is 0 Å². The Bertz CT molecular complexity index is 1060. The monoisotopic (exact) mass is 340 g/mol. The van der Waals surface area contributed by atoms with Gasteiger partial charge in [0.05, 0.1) is 16.2 Å². The van der Waals surface area contributed by atoms with Crippen molar-refractivity contribution in [2.24, 2.45) is 0 Å². The summed E-state index contributed by atoms with van der Waals surface area (Å²) in [5.74, 6) is 0.653. The molecule has 0 aliphatic heterocycles. The predicted octanol–water partition coefficient (Wildman–Crippen LogP) is 3.78. The Morgan fingerprint density at radius 2 is 2.04 bits per heavy atom. The molecule has 1 atom stereocenters. The number of hydrogen-bond donors (Lipinski definition) is 1. The Balaban J connectivity index is 1.73. The van der Waals surface area contributed by atoms with Crippen LogP contribution in [0.3, 0.4) is 0 Å². The SMILES string of the molecule is C[C@@H](Sc1ncnc2sccc12)c1nc2ccccc2c(=O)[nH]1. The van der Waals surface area contributed by atoms with Crippen LogP contribution >= 0.6 is 23.1 Å². The summed E-state index contributed by atoms with van der Waals surface area (Å²) in [6.07, 6.45) is 1.57. The summed E-state index contributed by atoms with van der Waals surface area (Å²) in [6, 6.07) is 9.38. The van der Waals surface area contributed by atoms with Gasteiger partial charge >= 0.3 is 0 Å². The van der Waals surface area contributed by atoms with Crippen LogP contribution in [0.5, 0.6) is 0 Å². The summed E-state index contributed by atoms with van der Waals surface area (Å²) in [5.41, 5.74) is 0.600. The molecule has 23 heavy (non-hydrogen) atoms.